The number of fused-ring (bicyclic) bond motifs is 1. The van der Waals surface area contributed by atoms with E-state index < -0.39 is 5.79 Å². The van der Waals surface area contributed by atoms with Gasteiger partial charge in [-0.15, -0.1) is 0 Å². The van der Waals surface area contributed by atoms with Gasteiger partial charge in [0.2, 0.25) is 5.79 Å². The van der Waals surface area contributed by atoms with Gasteiger partial charge in [0.05, 0.1) is 18.3 Å². The Balaban J connectivity index is 1.86. The summed E-state index contributed by atoms with van der Waals surface area (Å²) in [4.78, 5) is 0. The Bertz CT molecular complexity index is 387. The summed E-state index contributed by atoms with van der Waals surface area (Å²) in [5, 5.41) is 9.22. The Morgan fingerprint density at radius 3 is 2.80 bits per heavy atom. The second-order valence-electron chi connectivity index (χ2n) is 3.89. The van der Waals surface area contributed by atoms with Crippen molar-refractivity contribution in [2.24, 2.45) is 5.92 Å². The van der Waals surface area contributed by atoms with Crippen LogP contribution >= 0.6 is 0 Å². The molecule has 0 saturated carbocycles. The smallest absolute Gasteiger partial charge is 0.242 e. The third kappa shape index (κ3) is 1.14. The van der Waals surface area contributed by atoms with Crippen molar-refractivity contribution in [3.63, 3.8) is 0 Å². The number of hydrogen-bond acceptors (Lipinski definition) is 3. The van der Waals surface area contributed by atoms with Gasteiger partial charge in [-0.2, -0.15) is 0 Å². The Hall–Kier alpha value is -1.32. The zero-order valence-electron chi connectivity index (χ0n) is 8.17. The van der Waals surface area contributed by atoms with Crippen LogP contribution in [0.5, 0.6) is 0 Å². The minimum absolute atomic E-state index is 0.0112. The summed E-state index contributed by atoms with van der Waals surface area (Å²) in [6.45, 7) is -0.103. The molecule has 0 radical (unpaired) electrons. The van der Waals surface area contributed by atoms with Gasteiger partial charge in [0.1, 0.15) is 6.61 Å². The molecule has 3 rings (SSSR count). The molecule has 0 unspecified atom stereocenters. The lowest BCUT2D eigenvalue weighted by Crippen LogP contribution is -2.55. The van der Waals surface area contributed by atoms with E-state index in [0.29, 0.717) is 0 Å². The Labute approximate surface area is 87.9 Å². The van der Waals surface area contributed by atoms with Crippen molar-refractivity contribution in [2.45, 2.75) is 11.9 Å². The van der Waals surface area contributed by atoms with Crippen LogP contribution in [0.2, 0.25) is 0 Å². The molecule has 0 aromatic heterocycles. The number of aliphatic hydroxyl groups is 1. The maximum Gasteiger partial charge on any atom is 0.242 e. The van der Waals surface area contributed by atoms with Crippen LogP contribution in [0.4, 0.5) is 0 Å². The normalized spacial score (nSPS) is 36.9. The van der Waals surface area contributed by atoms with Gasteiger partial charge in [-0.1, -0.05) is 30.3 Å². The first-order chi connectivity index (χ1) is 7.36. The fourth-order valence-electron chi connectivity index (χ4n) is 2.22. The number of rotatable bonds is 2. The molecule has 2 aliphatic heterocycles. The van der Waals surface area contributed by atoms with E-state index in [0.717, 1.165) is 5.56 Å². The van der Waals surface area contributed by atoms with Gasteiger partial charge in [-0.25, -0.2) is 0 Å². The van der Waals surface area contributed by atoms with Crippen molar-refractivity contribution in [3.05, 3.63) is 48.2 Å². The minimum Gasteiger partial charge on any atom is -0.467 e. The average molecular weight is 204 g/mol. The molecule has 15 heavy (non-hydrogen) atoms. The van der Waals surface area contributed by atoms with E-state index in [2.05, 4.69) is 0 Å². The molecule has 3 atom stereocenters. The molecule has 0 spiro atoms. The highest BCUT2D eigenvalue weighted by atomic mass is 16.7. The van der Waals surface area contributed by atoms with E-state index >= 15 is 0 Å². The van der Waals surface area contributed by atoms with Crippen molar-refractivity contribution in [1.82, 2.24) is 0 Å². The molecule has 2 heterocycles. The summed E-state index contributed by atoms with van der Waals surface area (Å²) >= 11 is 0. The third-order valence-corrected chi connectivity index (χ3v) is 3.06. The maximum atomic E-state index is 9.22. The lowest BCUT2D eigenvalue weighted by atomic mass is 9.83. The Morgan fingerprint density at radius 2 is 2.07 bits per heavy atom. The van der Waals surface area contributed by atoms with E-state index in [1.807, 2.05) is 36.4 Å². The van der Waals surface area contributed by atoms with Gasteiger partial charge in [-0.05, 0) is 11.6 Å². The van der Waals surface area contributed by atoms with E-state index in [9.17, 15) is 5.11 Å². The van der Waals surface area contributed by atoms with Gasteiger partial charge < -0.3 is 14.6 Å². The fraction of sp³-hybridized carbons (Fsp3) is 0.333. The molecule has 1 saturated heterocycles. The summed E-state index contributed by atoms with van der Waals surface area (Å²) in [5.74, 6) is -0.676. The van der Waals surface area contributed by atoms with E-state index in [-0.39, 0.29) is 18.6 Å². The SMILES string of the molecule is OC[C@@]12OC=C[C@@H]1[C@@H](c1ccccc1)O2. The Morgan fingerprint density at radius 1 is 1.27 bits per heavy atom. The van der Waals surface area contributed by atoms with Gasteiger partial charge in [-0.3, -0.25) is 0 Å². The van der Waals surface area contributed by atoms with Gasteiger partial charge in [0.15, 0.2) is 0 Å². The molecule has 2 aliphatic rings. The van der Waals surface area contributed by atoms with E-state index in [1.165, 1.54) is 0 Å². The quantitative estimate of drug-likeness (QED) is 0.795. The largest absolute Gasteiger partial charge is 0.467 e. The van der Waals surface area contributed by atoms with Crippen molar-refractivity contribution in [2.75, 3.05) is 6.61 Å². The first kappa shape index (κ1) is 8.95. The monoisotopic (exact) mass is 204 g/mol. The standard InChI is InChI=1S/C12H12O3/c13-8-12-10(6-7-14-12)11(15-12)9-4-2-1-3-5-9/h1-7,10-11,13H,8H2/t10-,11-,12+/m1/s1. The van der Waals surface area contributed by atoms with Gasteiger partial charge in [0, 0.05) is 0 Å². The predicted molar refractivity (Wildman–Crippen MR) is 53.8 cm³/mol. The molecule has 1 aromatic rings. The fourth-order valence-corrected chi connectivity index (χ4v) is 2.22. The average Bonchev–Trinajstić information content (AvgIpc) is 2.59. The van der Waals surface area contributed by atoms with Gasteiger partial charge in [0.25, 0.3) is 0 Å². The molecule has 1 N–H and O–H groups in total. The van der Waals surface area contributed by atoms with Crippen LogP contribution in [0.3, 0.4) is 0 Å². The third-order valence-electron chi connectivity index (χ3n) is 3.06. The molecular weight excluding hydrogens is 192 g/mol. The number of ether oxygens (including phenoxy) is 2. The maximum absolute atomic E-state index is 9.22. The van der Waals surface area contributed by atoms with E-state index in [1.54, 1.807) is 6.26 Å². The molecule has 1 aromatic carbocycles. The van der Waals surface area contributed by atoms with Crippen LogP contribution < -0.4 is 0 Å². The lowest BCUT2D eigenvalue weighted by Gasteiger charge is -2.48. The molecule has 3 heteroatoms. The number of benzene rings is 1. The number of aliphatic hydroxyl groups excluding tert-OH is 1. The highest BCUT2D eigenvalue weighted by Gasteiger charge is 2.58. The second-order valence-corrected chi connectivity index (χ2v) is 3.89. The molecule has 0 bridgehead atoms. The molecule has 0 amide bonds. The van der Waals surface area contributed by atoms with Crippen molar-refractivity contribution >= 4 is 0 Å². The first-order valence-corrected chi connectivity index (χ1v) is 5.04. The molecule has 78 valence electrons. The summed E-state index contributed by atoms with van der Waals surface area (Å²) in [6.07, 6.45) is 3.58. The van der Waals surface area contributed by atoms with Crippen LogP contribution in [0.15, 0.2) is 42.7 Å². The molecule has 0 aliphatic carbocycles. The summed E-state index contributed by atoms with van der Waals surface area (Å²) in [7, 11) is 0. The first-order valence-electron chi connectivity index (χ1n) is 5.04. The van der Waals surface area contributed by atoms with Gasteiger partial charge >= 0.3 is 0 Å². The van der Waals surface area contributed by atoms with Crippen LogP contribution in [-0.4, -0.2) is 17.5 Å². The van der Waals surface area contributed by atoms with Crippen LogP contribution in [0, 0.1) is 5.92 Å². The molecular formula is C12H12O3. The Kier molecular flexibility index (Phi) is 1.84. The van der Waals surface area contributed by atoms with Crippen LogP contribution in [0.25, 0.3) is 0 Å². The summed E-state index contributed by atoms with van der Waals surface area (Å²) in [5.41, 5.74) is 1.13. The van der Waals surface area contributed by atoms with Crippen LogP contribution in [0.1, 0.15) is 11.7 Å². The van der Waals surface area contributed by atoms with Crippen molar-refractivity contribution < 1.29 is 14.6 Å². The highest BCUT2D eigenvalue weighted by molar-refractivity contribution is 5.25. The zero-order valence-corrected chi connectivity index (χ0v) is 8.17. The topological polar surface area (TPSA) is 38.7 Å². The van der Waals surface area contributed by atoms with E-state index in [4.69, 9.17) is 9.47 Å². The molecule has 3 nitrogen and oxygen atoms in total. The number of hydrogen-bond donors (Lipinski definition) is 1. The summed E-state index contributed by atoms with van der Waals surface area (Å²) < 4.78 is 10.9. The second kappa shape index (κ2) is 3.08. The lowest BCUT2D eigenvalue weighted by molar-refractivity contribution is -0.356. The minimum atomic E-state index is -0.805. The molecule has 1 fully saturated rings. The summed E-state index contributed by atoms with van der Waals surface area (Å²) in [6, 6.07) is 9.99. The predicted octanol–water partition coefficient (Wildman–Crippen LogP) is 1.61. The van der Waals surface area contributed by atoms with Crippen LogP contribution in [-0.2, 0) is 9.47 Å². The zero-order chi connectivity index (χ0) is 10.3. The van der Waals surface area contributed by atoms with Crippen molar-refractivity contribution in [1.29, 1.82) is 0 Å². The van der Waals surface area contributed by atoms with Crippen molar-refractivity contribution in [3.8, 4) is 0 Å². The highest BCUT2D eigenvalue weighted by Crippen LogP contribution is 2.52.